The zero-order valence-corrected chi connectivity index (χ0v) is 20.7. The normalized spacial score (nSPS) is 22.3. The molecule has 34 heavy (non-hydrogen) atoms. The predicted octanol–water partition coefficient (Wildman–Crippen LogP) is 4.09. The molecule has 2 aliphatic rings. The number of fused-ring (bicyclic) bond motifs is 4. The molecule has 2 aromatic rings. The molecule has 182 valence electrons. The molecule has 0 saturated carbocycles. The highest BCUT2D eigenvalue weighted by atomic mass is 32.2. The van der Waals surface area contributed by atoms with Crippen LogP contribution < -0.4 is 15.4 Å². The lowest BCUT2D eigenvalue weighted by atomic mass is 10.1. The van der Waals surface area contributed by atoms with Crippen LogP contribution in [-0.4, -0.2) is 60.8 Å². The van der Waals surface area contributed by atoms with Gasteiger partial charge in [-0.2, -0.15) is 0 Å². The smallest absolute Gasteiger partial charge is 0.242 e. The molecule has 2 amide bonds. The maximum Gasteiger partial charge on any atom is 0.242 e. The number of hydrogen-bond donors (Lipinski definition) is 2. The quantitative estimate of drug-likeness (QED) is 0.691. The van der Waals surface area contributed by atoms with Crippen LogP contribution in [0.3, 0.4) is 0 Å². The molecule has 2 heterocycles. The van der Waals surface area contributed by atoms with E-state index in [1.165, 1.54) is 10.5 Å². The SMILES string of the molecule is C[C@@H]1COc2cccc(c2)-c2ccccc2SCCCC[C@H](NC(=O)CN2CCCC2)C(=O)N1. The summed E-state index contributed by atoms with van der Waals surface area (Å²) in [6, 6.07) is 15.9. The van der Waals surface area contributed by atoms with Gasteiger partial charge in [0.05, 0.1) is 12.6 Å². The number of rotatable bonds is 3. The van der Waals surface area contributed by atoms with Gasteiger partial charge in [-0.15, -0.1) is 11.8 Å². The molecule has 6 nitrogen and oxygen atoms in total. The Morgan fingerprint density at radius 3 is 2.79 bits per heavy atom. The van der Waals surface area contributed by atoms with Gasteiger partial charge in [-0.25, -0.2) is 0 Å². The Labute approximate surface area is 206 Å². The van der Waals surface area contributed by atoms with Crippen molar-refractivity contribution in [1.29, 1.82) is 0 Å². The molecule has 0 radical (unpaired) electrons. The molecule has 4 rings (SSSR count). The Morgan fingerprint density at radius 1 is 1.12 bits per heavy atom. The summed E-state index contributed by atoms with van der Waals surface area (Å²) in [6.45, 7) is 4.57. The zero-order valence-electron chi connectivity index (χ0n) is 19.9. The van der Waals surface area contributed by atoms with Crippen molar-refractivity contribution in [2.75, 3.05) is 32.0 Å². The minimum Gasteiger partial charge on any atom is -0.491 e. The van der Waals surface area contributed by atoms with Crippen LogP contribution >= 0.6 is 11.8 Å². The van der Waals surface area contributed by atoms with Crippen LogP contribution in [0.25, 0.3) is 11.1 Å². The van der Waals surface area contributed by atoms with Crippen molar-refractivity contribution in [3.05, 3.63) is 48.5 Å². The van der Waals surface area contributed by atoms with E-state index in [0.717, 1.165) is 55.8 Å². The molecule has 0 aromatic heterocycles. The highest BCUT2D eigenvalue weighted by Gasteiger charge is 2.24. The molecule has 7 heteroatoms. The second-order valence-electron chi connectivity index (χ2n) is 9.19. The first-order valence-electron chi connectivity index (χ1n) is 12.4. The van der Waals surface area contributed by atoms with Crippen molar-refractivity contribution in [2.45, 2.75) is 56.0 Å². The molecular weight excluding hydrogens is 446 g/mol. The van der Waals surface area contributed by atoms with Crippen LogP contribution in [0.15, 0.2) is 53.4 Å². The second-order valence-corrected chi connectivity index (χ2v) is 10.3. The molecular formula is C27H35N3O3S. The van der Waals surface area contributed by atoms with E-state index in [1.54, 1.807) is 0 Å². The van der Waals surface area contributed by atoms with E-state index in [1.807, 2.05) is 30.8 Å². The summed E-state index contributed by atoms with van der Waals surface area (Å²) in [4.78, 5) is 29.1. The Morgan fingerprint density at radius 2 is 1.94 bits per heavy atom. The number of hydrogen-bond acceptors (Lipinski definition) is 5. The van der Waals surface area contributed by atoms with Gasteiger partial charge < -0.3 is 15.4 Å². The molecule has 0 unspecified atom stereocenters. The van der Waals surface area contributed by atoms with Gasteiger partial charge in [0, 0.05) is 4.90 Å². The van der Waals surface area contributed by atoms with Crippen LogP contribution in [0, 0.1) is 0 Å². The second kappa shape index (κ2) is 12.3. The average Bonchev–Trinajstić information content (AvgIpc) is 3.34. The number of likely N-dealkylation sites (tertiary alicyclic amines) is 1. The van der Waals surface area contributed by atoms with Crippen molar-refractivity contribution < 1.29 is 14.3 Å². The highest BCUT2D eigenvalue weighted by molar-refractivity contribution is 7.99. The summed E-state index contributed by atoms with van der Waals surface area (Å²) in [5.74, 6) is 1.53. The van der Waals surface area contributed by atoms with E-state index in [2.05, 4.69) is 51.9 Å². The largest absolute Gasteiger partial charge is 0.491 e. The number of nitrogens with one attached hydrogen (secondary N) is 2. The Kier molecular flexibility index (Phi) is 8.88. The van der Waals surface area contributed by atoms with Crippen LogP contribution in [0.4, 0.5) is 0 Å². The van der Waals surface area contributed by atoms with E-state index in [0.29, 0.717) is 19.6 Å². The monoisotopic (exact) mass is 481 g/mol. The first kappa shape index (κ1) is 24.6. The number of ether oxygens (including phenoxy) is 1. The van der Waals surface area contributed by atoms with Gasteiger partial charge in [0.25, 0.3) is 0 Å². The third-order valence-corrected chi connectivity index (χ3v) is 7.44. The van der Waals surface area contributed by atoms with E-state index < -0.39 is 6.04 Å². The lowest BCUT2D eigenvalue weighted by Crippen LogP contribution is -2.51. The highest BCUT2D eigenvalue weighted by Crippen LogP contribution is 2.33. The van der Waals surface area contributed by atoms with Crippen LogP contribution in [0.5, 0.6) is 5.75 Å². The molecule has 2 aromatic carbocycles. The van der Waals surface area contributed by atoms with Gasteiger partial charge in [0.15, 0.2) is 0 Å². The van der Waals surface area contributed by atoms with E-state index in [-0.39, 0.29) is 17.9 Å². The minimum atomic E-state index is -0.522. The summed E-state index contributed by atoms with van der Waals surface area (Å²) < 4.78 is 6.01. The standard InChI is InChI=1S/C27H35N3O3S/c1-20-19-33-22-10-8-9-21(17-22)23-11-2-3-13-25(23)34-16-7-4-12-24(27(32)28-20)29-26(31)18-30-14-5-6-15-30/h2-3,8-11,13,17,20,24H,4-7,12,14-16,18-19H2,1H3,(H,28,32)(H,29,31)/t20-,24+/m1/s1. The molecule has 2 aliphatic heterocycles. The van der Waals surface area contributed by atoms with Crippen molar-refractivity contribution in [2.24, 2.45) is 0 Å². The van der Waals surface area contributed by atoms with E-state index in [9.17, 15) is 9.59 Å². The topological polar surface area (TPSA) is 70.7 Å². The fourth-order valence-corrected chi connectivity index (χ4v) is 5.56. The lowest BCUT2D eigenvalue weighted by Gasteiger charge is -2.23. The Hall–Kier alpha value is -2.51. The third kappa shape index (κ3) is 7.00. The van der Waals surface area contributed by atoms with Crippen molar-refractivity contribution in [1.82, 2.24) is 15.5 Å². The third-order valence-electron chi connectivity index (χ3n) is 6.28. The molecule has 0 aliphatic carbocycles. The lowest BCUT2D eigenvalue weighted by molar-refractivity contribution is -0.130. The van der Waals surface area contributed by atoms with Gasteiger partial charge >= 0.3 is 0 Å². The number of benzene rings is 2. The predicted molar refractivity (Wildman–Crippen MR) is 137 cm³/mol. The van der Waals surface area contributed by atoms with E-state index >= 15 is 0 Å². The number of thioether (sulfide) groups is 1. The maximum atomic E-state index is 13.0. The first-order valence-corrected chi connectivity index (χ1v) is 13.3. The zero-order chi connectivity index (χ0) is 23.8. The molecule has 2 bridgehead atoms. The van der Waals surface area contributed by atoms with Crippen molar-refractivity contribution in [3.63, 3.8) is 0 Å². The van der Waals surface area contributed by atoms with Gasteiger partial charge in [0.2, 0.25) is 11.8 Å². The average molecular weight is 482 g/mol. The minimum absolute atomic E-state index is 0.0690. The summed E-state index contributed by atoms with van der Waals surface area (Å²) >= 11 is 1.84. The first-order chi connectivity index (χ1) is 16.6. The molecule has 0 spiro atoms. The van der Waals surface area contributed by atoms with E-state index in [4.69, 9.17) is 4.74 Å². The fourth-order valence-electron chi connectivity index (χ4n) is 4.48. The Bertz CT molecular complexity index is 977. The summed E-state index contributed by atoms with van der Waals surface area (Å²) in [6.07, 6.45) is 4.75. The summed E-state index contributed by atoms with van der Waals surface area (Å²) in [5.41, 5.74) is 2.34. The number of amides is 2. The van der Waals surface area contributed by atoms with Crippen LogP contribution in [0.2, 0.25) is 0 Å². The van der Waals surface area contributed by atoms with Crippen LogP contribution in [-0.2, 0) is 9.59 Å². The Balaban J connectivity index is 1.46. The van der Waals surface area contributed by atoms with Gasteiger partial charge in [0.1, 0.15) is 18.4 Å². The molecule has 2 atom stereocenters. The molecule has 2 N–H and O–H groups in total. The molecule has 1 saturated heterocycles. The molecule has 1 fully saturated rings. The number of carbonyl (C=O) groups excluding carboxylic acids is 2. The fraction of sp³-hybridized carbons (Fsp3) is 0.481. The van der Waals surface area contributed by atoms with Gasteiger partial charge in [-0.1, -0.05) is 36.8 Å². The van der Waals surface area contributed by atoms with Gasteiger partial charge in [-0.05, 0) is 80.8 Å². The van der Waals surface area contributed by atoms with Crippen molar-refractivity contribution >= 4 is 23.6 Å². The van der Waals surface area contributed by atoms with Crippen molar-refractivity contribution in [3.8, 4) is 16.9 Å². The summed E-state index contributed by atoms with van der Waals surface area (Å²) in [5, 5.41) is 6.04. The maximum absolute atomic E-state index is 13.0. The van der Waals surface area contributed by atoms with Crippen LogP contribution in [0.1, 0.15) is 39.0 Å². The number of carbonyl (C=O) groups is 2. The van der Waals surface area contributed by atoms with Gasteiger partial charge in [-0.3, -0.25) is 14.5 Å². The summed E-state index contributed by atoms with van der Waals surface area (Å²) in [7, 11) is 0. The number of nitrogens with zero attached hydrogens (tertiary/aromatic N) is 1.